The molecule has 1 N–H and O–H groups in total. The number of nitrogens with one attached hydrogen (secondary N) is 1. The van der Waals surface area contributed by atoms with E-state index in [0.29, 0.717) is 30.8 Å². The van der Waals surface area contributed by atoms with Crippen molar-refractivity contribution in [2.45, 2.75) is 43.9 Å². The van der Waals surface area contributed by atoms with Crippen LogP contribution in [0.3, 0.4) is 0 Å². The van der Waals surface area contributed by atoms with Crippen molar-refractivity contribution in [3.05, 3.63) is 216 Å². The van der Waals surface area contributed by atoms with E-state index in [0.717, 1.165) is 39.1 Å². The Bertz CT molecular complexity index is 2640. The van der Waals surface area contributed by atoms with E-state index in [4.69, 9.17) is 33.9 Å². The Morgan fingerprint density at radius 2 is 1.18 bits per heavy atom. The number of ketones is 1. The van der Waals surface area contributed by atoms with Crippen LogP contribution in [-0.2, 0) is 39.6 Å². The van der Waals surface area contributed by atoms with E-state index >= 15 is 0 Å². The first-order valence-electron chi connectivity index (χ1n) is 20.8. The van der Waals surface area contributed by atoms with Gasteiger partial charge in [0.15, 0.2) is 16.9 Å². The third-order valence-corrected chi connectivity index (χ3v) is 11.5. The molecular formula is C52H47N5O5. The van der Waals surface area contributed by atoms with Gasteiger partial charge in [0.05, 0.1) is 51.3 Å². The molecule has 62 heavy (non-hydrogen) atoms. The summed E-state index contributed by atoms with van der Waals surface area (Å²) in [5.41, 5.74) is 5.81. The molecule has 0 spiro atoms. The van der Waals surface area contributed by atoms with E-state index in [-0.39, 0.29) is 30.8 Å². The van der Waals surface area contributed by atoms with Gasteiger partial charge in [-0.25, -0.2) is 4.98 Å². The number of hydrogen-bond acceptors (Lipinski definition) is 9. The maximum atomic E-state index is 14.7. The molecule has 9 rings (SSSR count). The van der Waals surface area contributed by atoms with E-state index < -0.39 is 23.6 Å². The van der Waals surface area contributed by atoms with Gasteiger partial charge >= 0.3 is 0 Å². The Hall–Kier alpha value is -7.14. The molecule has 10 nitrogen and oxygen atoms in total. The van der Waals surface area contributed by atoms with Crippen LogP contribution in [0.2, 0.25) is 0 Å². The van der Waals surface area contributed by atoms with Crippen LogP contribution in [0.5, 0.6) is 11.6 Å². The van der Waals surface area contributed by atoms with E-state index in [2.05, 4.69) is 29.6 Å². The highest BCUT2D eigenvalue weighted by Gasteiger charge is 2.45. The van der Waals surface area contributed by atoms with Crippen LogP contribution in [0.15, 0.2) is 182 Å². The Balaban J connectivity index is 1.13. The lowest BCUT2D eigenvalue weighted by Gasteiger charge is -2.37. The van der Waals surface area contributed by atoms with E-state index in [1.165, 1.54) is 0 Å². The van der Waals surface area contributed by atoms with E-state index in [1.54, 1.807) is 13.4 Å². The Labute approximate surface area is 361 Å². The van der Waals surface area contributed by atoms with Gasteiger partial charge < -0.3 is 28.8 Å². The molecule has 6 aromatic carbocycles. The van der Waals surface area contributed by atoms with Crippen LogP contribution in [0, 0.1) is 5.92 Å². The molecule has 10 heteroatoms. The maximum absolute atomic E-state index is 14.7. The average Bonchev–Trinajstić information content (AvgIpc) is 3.90. The number of rotatable bonds is 17. The smallest absolute Gasteiger partial charge is 0.247 e. The van der Waals surface area contributed by atoms with Gasteiger partial charge in [0, 0.05) is 6.42 Å². The molecule has 3 atom stereocenters. The summed E-state index contributed by atoms with van der Waals surface area (Å²) < 4.78 is 26.8. The molecule has 2 heterocycles. The number of Topliss-reactive ketones (excluding diaryl/α,β-unsaturated/α-hetero) is 1. The van der Waals surface area contributed by atoms with Crippen molar-refractivity contribution in [1.29, 1.82) is 0 Å². The number of carbonyl (C=O) groups excluding carboxylic acids is 1. The number of hydrogen-bond donors (Lipinski definition) is 1. The summed E-state index contributed by atoms with van der Waals surface area (Å²) in [4.78, 5) is 29.8. The number of carbonyl (C=O) groups is 1. The Morgan fingerprint density at radius 1 is 0.645 bits per heavy atom. The number of fused-ring (bicyclic) bond motifs is 1. The fraction of sp³-hybridized carbons (Fsp3) is 0.192. The minimum absolute atomic E-state index is 0.00329. The molecule has 0 saturated heterocycles. The van der Waals surface area contributed by atoms with Crippen molar-refractivity contribution in [2.75, 3.05) is 19.0 Å². The number of imidazole rings is 1. The van der Waals surface area contributed by atoms with Crippen LogP contribution < -0.4 is 14.8 Å². The number of methoxy groups -OCH3 is 1. The van der Waals surface area contributed by atoms with Gasteiger partial charge in [-0.1, -0.05) is 164 Å². The summed E-state index contributed by atoms with van der Waals surface area (Å²) in [6, 6.07) is 57.7. The molecule has 1 aliphatic carbocycles. The number of ether oxygens (including phenoxy) is 4. The highest BCUT2D eigenvalue weighted by molar-refractivity contribution is 5.90. The predicted molar refractivity (Wildman–Crippen MR) is 239 cm³/mol. The standard InChI is InChI=1S/C52H47N5O5/c1-59-43-29-27-42(28-30-43)52(40-23-13-5-14-24-40,41-25-15-6-16-26-41)56-51-54-49-47(50(55-51)62-34-39-21-11-4-12-22-39)53-36-57(49)45-31-46(61-33-38-19-9-3-10-20-38)44(48(45)58)35-60-32-37-17-7-2-8-18-37/h2-30,36,44-46H,31-35H2,1H3,(H,54,55,56)/t44-,45?,46?/m1/s1. The molecule has 1 fully saturated rings. The van der Waals surface area contributed by atoms with Gasteiger partial charge in [-0.3, -0.25) is 4.79 Å². The SMILES string of the molecule is COc1ccc(C(Nc2nc(OCc3ccccc3)c3ncn(C4CC(OCc5ccccc5)[C@@H](COCc5ccccc5)C4=O)c3n2)(c2ccccc2)c2ccccc2)cc1. The minimum Gasteiger partial charge on any atom is -0.497 e. The second-order valence-corrected chi connectivity index (χ2v) is 15.4. The van der Waals surface area contributed by atoms with Crippen molar-refractivity contribution in [3.63, 3.8) is 0 Å². The highest BCUT2D eigenvalue weighted by atomic mass is 16.5. The van der Waals surface area contributed by atoms with Crippen molar-refractivity contribution in [2.24, 2.45) is 5.92 Å². The second kappa shape index (κ2) is 18.6. The second-order valence-electron chi connectivity index (χ2n) is 15.4. The van der Waals surface area contributed by atoms with Crippen LogP contribution in [0.25, 0.3) is 11.2 Å². The molecule has 1 saturated carbocycles. The summed E-state index contributed by atoms with van der Waals surface area (Å²) in [5.74, 6) is 0.789. The molecule has 0 radical (unpaired) electrons. The lowest BCUT2D eigenvalue weighted by atomic mass is 9.77. The molecule has 0 bridgehead atoms. The van der Waals surface area contributed by atoms with Gasteiger partial charge in [-0.2, -0.15) is 9.97 Å². The molecule has 2 unspecified atom stereocenters. The quantitative estimate of drug-likeness (QED) is 0.0899. The maximum Gasteiger partial charge on any atom is 0.247 e. The Kier molecular flexibility index (Phi) is 12.1. The highest BCUT2D eigenvalue weighted by Crippen LogP contribution is 2.42. The number of nitrogens with zero attached hydrogens (tertiary/aromatic N) is 4. The number of benzene rings is 6. The fourth-order valence-corrected chi connectivity index (χ4v) is 8.31. The summed E-state index contributed by atoms with van der Waals surface area (Å²) in [5, 5.41) is 3.81. The molecule has 0 amide bonds. The minimum atomic E-state index is -0.981. The van der Waals surface area contributed by atoms with Gasteiger partial charge in [0.2, 0.25) is 11.8 Å². The summed E-state index contributed by atoms with van der Waals surface area (Å²) in [6.07, 6.45) is 1.68. The van der Waals surface area contributed by atoms with Crippen molar-refractivity contribution in [1.82, 2.24) is 19.5 Å². The lowest BCUT2D eigenvalue weighted by molar-refractivity contribution is -0.127. The zero-order valence-corrected chi connectivity index (χ0v) is 34.4. The fourth-order valence-electron chi connectivity index (χ4n) is 8.31. The van der Waals surface area contributed by atoms with Crippen molar-refractivity contribution >= 4 is 22.9 Å². The zero-order chi connectivity index (χ0) is 42.1. The first kappa shape index (κ1) is 40.3. The molecular weight excluding hydrogens is 775 g/mol. The average molecular weight is 822 g/mol. The summed E-state index contributed by atoms with van der Waals surface area (Å²) in [6.45, 7) is 1.21. The summed E-state index contributed by atoms with van der Waals surface area (Å²) >= 11 is 0. The summed E-state index contributed by atoms with van der Waals surface area (Å²) in [7, 11) is 1.66. The molecule has 2 aromatic heterocycles. The normalized spacial score (nSPS) is 16.3. The lowest BCUT2D eigenvalue weighted by Crippen LogP contribution is -2.38. The molecule has 0 aliphatic heterocycles. The zero-order valence-electron chi connectivity index (χ0n) is 34.4. The molecule has 8 aromatic rings. The van der Waals surface area contributed by atoms with Crippen LogP contribution in [-0.4, -0.2) is 45.1 Å². The van der Waals surface area contributed by atoms with Crippen LogP contribution >= 0.6 is 0 Å². The van der Waals surface area contributed by atoms with Crippen LogP contribution in [0.1, 0.15) is 45.8 Å². The Morgan fingerprint density at radius 3 is 1.76 bits per heavy atom. The molecule has 1 aliphatic rings. The third kappa shape index (κ3) is 8.56. The first-order valence-corrected chi connectivity index (χ1v) is 20.8. The number of aromatic nitrogens is 4. The number of anilines is 1. The predicted octanol–water partition coefficient (Wildman–Crippen LogP) is 9.75. The van der Waals surface area contributed by atoms with Gasteiger partial charge in [0.25, 0.3) is 0 Å². The largest absolute Gasteiger partial charge is 0.497 e. The van der Waals surface area contributed by atoms with Gasteiger partial charge in [-0.15, -0.1) is 0 Å². The van der Waals surface area contributed by atoms with Crippen LogP contribution in [0.4, 0.5) is 5.95 Å². The van der Waals surface area contributed by atoms with E-state index in [1.807, 2.05) is 156 Å². The third-order valence-electron chi connectivity index (χ3n) is 11.5. The van der Waals surface area contributed by atoms with Gasteiger partial charge in [-0.05, 0) is 45.5 Å². The van der Waals surface area contributed by atoms with Crippen molar-refractivity contribution in [3.8, 4) is 11.6 Å². The molecule has 310 valence electrons. The van der Waals surface area contributed by atoms with Gasteiger partial charge in [0.1, 0.15) is 17.9 Å². The topological polar surface area (TPSA) is 110 Å². The van der Waals surface area contributed by atoms with E-state index in [9.17, 15) is 4.79 Å². The van der Waals surface area contributed by atoms with Crippen molar-refractivity contribution < 1.29 is 23.7 Å². The first-order chi connectivity index (χ1) is 30.6. The monoisotopic (exact) mass is 821 g/mol.